The molecule has 0 aromatic heterocycles. The van der Waals surface area contributed by atoms with E-state index in [0.29, 0.717) is 5.75 Å². The van der Waals surface area contributed by atoms with E-state index < -0.39 is 15.9 Å². The number of hydrogen-bond acceptors (Lipinski definition) is 4. The van der Waals surface area contributed by atoms with Crippen molar-refractivity contribution in [3.8, 4) is 5.75 Å². The van der Waals surface area contributed by atoms with Gasteiger partial charge >= 0.3 is 0 Å². The molecule has 6 nitrogen and oxygen atoms in total. The molecule has 2 aromatic carbocycles. The van der Waals surface area contributed by atoms with E-state index in [9.17, 15) is 13.2 Å². The number of carbonyl (C=O) groups excluding carboxylic acids is 1. The van der Waals surface area contributed by atoms with Gasteiger partial charge in [0.25, 0.3) is 15.9 Å². The number of benzene rings is 2. The van der Waals surface area contributed by atoms with E-state index in [4.69, 9.17) is 27.9 Å². The maximum Gasteiger partial charge on any atom is 0.272 e. The van der Waals surface area contributed by atoms with E-state index in [2.05, 4.69) is 5.43 Å². The number of rotatable bonds is 6. The average Bonchev–Trinajstić information content (AvgIpc) is 2.52. The molecule has 1 amide bonds. The fraction of sp³-hybridized carbons (Fsp3) is 0.188. The molecule has 2 aromatic rings. The number of nitrogens with one attached hydrogen (secondary N) is 2. The summed E-state index contributed by atoms with van der Waals surface area (Å²) in [6.07, 6.45) is 0. The largest absolute Gasteiger partial charge is 0.484 e. The van der Waals surface area contributed by atoms with Crippen molar-refractivity contribution in [1.29, 1.82) is 0 Å². The van der Waals surface area contributed by atoms with Crippen LogP contribution in [0, 0.1) is 13.8 Å². The molecule has 0 radical (unpaired) electrons. The van der Waals surface area contributed by atoms with Crippen molar-refractivity contribution < 1.29 is 17.9 Å². The lowest BCUT2D eigenvalue weighted by Gasteiger charge is -2.11. The monoisotopic (exact) mass is 402 g/mol. The van der Waals surface area contributed by atoms with Gasteiger partial charge in [-0.1, -0.05) is 35.3 Å². The van der Waals surface area contributed by atoms with Crippen molar-refractivity contribution in [1.82, 2.24) is 10.3 Å². The highest BCUT2D eigenvalue weighted by atomic mass is 35.5. The predicted octanol–water partition coefficient (Wildman–Crippen LogP) is 3.00. The number of hydrogen-bond donors (Lipinski definition) is 2. The SMILES string of the molecule is Cc1cc(C)cc(OCC(=O)NNS(=O)(=O)c2cccc(Cl)c2Cl)c1. The van der Waals surface area contributed by atoms with Crippen LogP contribution in [0.1, 0.15) is 11.1 Å². The zero-order chi connectivity index (χ0) is 18.6. The summed E-state index contributed by atoms with van der Waals surface area (Å²) in [6, 6.07) is 9.68. The first-order chi connectivity index (χ1) is 11.7. The third-order valence-corrected chi connectivity index (χ3v) is 5.32. The molecule has 0 fully saturated rings. The number of amides is 1. The molecule has 0 heterocycles. The molecule has 134 valence electrons. The van der Waals surface area contributed by atoms with Crippen LogP contribution in [0.3, 0.4) is 0 Å². The number of halogens is 2. The molecule has 9 heteroatoms. The van der Waals surface area contributed by atoms with Crippen LogP contribution in [0.4, 0.5) is 0 Å². The predicted molar refractivity (Wildman–Crippen MR) is 96.3 cm³/mol. The minimum Gasteiger partial charge on any atom is -0.484 e. The van der Waals surface area contributed by atoms with Crippen LogP contribution in [-0.2, 0) is 14.8 Å². The Balaban J connectivity index is 1.96. The van der Waals surface area contributed by atoms with Crippen molar-refractivity contribution in [3.05, 3.63) is 57.6 Å². The topological polar surface area (TPSA) is 84.5 Å². The molecule has 0 bridgehead atoms. The number of carbonyl (C=O) groups is 1. The van der Waals surface area contributed by atoms with Gasteiger partial charge in [0, 0.05) is 0 Å². The van der Waals surface area contributed by atoms with Gasteiger partial charge in [0.1, 0.15) is 10.6 Å². The first kappa shape index (κ1) is 19.5. The fourth-order valence-electron chi connectivity index (χ4n) is 2.07. The Morgan fingerprint density at radius 3 is 2.40 bits per heavy atom. The fourth-order valence-corrected chi connectivity index (χ4v) is 3.69. The van der Waals surface area contributed by atoms with Crippen molar-refractivity contribution in [3.63, 3.8) is 0 Å². The Morgan fingerprint density at radius 2 is 1.76 bits per heavy atom. The maximum atomic E-state index is 12.2. The minimum atomic E-state index is -4.06. The number of ether oxygens (including phenoxy) is 1. The summed E-state index contributed by atoms with van der Waals surface area (Å²) >= 11 is 11.7. The molecule has 0 atom stereocenters. The number of hydrazine groups is 1. The zero-order valence-corrected chi connectivity index (χ0v) is 15.8. The van der Waals surface area contributed by atoms with E-state index in [-0.39, 0.29) is 21.5 Å². The van der Waals surface area contributed by atoms with Crippen LogP contribution < -0.4 is 15.0 Å². The van der Waals surface area contributed by atoms with E-state index in [1.165, 1.54) is 18.2 Å². The second-order valence-corrected chi connectivity index (χ2v) is 7.75. The number of aryl methyl sites for hydroxylation is 2. The van der Waals surface area contributed by atoms with Gasteiger partial charge in [0.05, 0.1) is 10.0 Å². The van der Waals surface area contributed by atoms with Gasteiger partial charge in [0.2, 0.25) is 0 Å². The van der Waals surface area contributed by atoms with Gasteiger partial charge in [-0.2, -0.15) is 0 Å². The first-order valence-electron chi connectivity index (χ1n) is 7.15. The molecule has 0 aliphatic heterocycles. The van der Waals surface area contributed by atoms with Crippen LogP contribution in [0.25, 0.3) is 0 Å². The highest BCUT2D eigenvalue weighted by molar-refractivity contribution is 7.89. The molecule has 2 rings (SSSR count). The summed E-state index contributed by atoms with van der Waals surface area (Å²) < 4.78 is 29.7. The van der Waals surface area contributed by atoms with Gasteiger partial charge in [-0.15, -0.1) is 4.83 Å². The van der Waals surface area contributed by atoms with Crippen LogP contribution >= 0.6 is 23.2 Å². The van der Waals surface area contributed by atoms with Crippen molar-refractivity contribution in [2.24, 2.45) is 0 Å². The van der Waals surface area contributed by atoms with Gasteiger partial charge in [-0.25, -0.2) is 8.42 Å². The van der Waals surface area contributed by atoms with Crippen molar-refractivity contribution in [2.75, 3.05) is 6.61 Å². The molecule has 2 N–H and O–H groups in total. The van der Waals surface area contributed by atoms with Crippen LogP contribution in [0.15, 0.2) is 41.3 Å². The van der Waals surface area contributed by atoms with Crippen LogP contribution in [0.2, 0.25) is 10.0 Å². The molecule has 0 spiro atoms. The molecule has 0 saturated carbocycles. The van der Waals surface area contributed by atoms with Gasteiger partial charge in [-0.3, -0.25) is 10.2 Å². The lowest BCUT2D eigenvalue weighted by Crippen LogP contribution is -2.43. The summed E-state index contributed by atoms with van der Waals surface area (Å²) in [5, 5.41) is -0.0357. The molecule has 0 aliphatic rings. The Hall–Kier alpha value is -1.80. The van der Waals surface area contributed by atoms with Gasteiger partial charge in [-0.05, 0) is 49.2 Å². The minimum absolute atomic E-state index is 0.0917. The highest BCUT2D eigenvalue weighted by Gasteiger charge is 2.20. The second kappa shape index (κ2) is 8.05. The summed E-state index contributed by atoms with van der Waals surface area (Å²) in [5.74, 6) is -0.144. The molecular formula is C16H16Cl2N2O4S. The zero-order valence-electron chi connectivity index (χ0n) is 13.5. The normalized spacial score (nSPS) is 11.2. The number of sulfonamides is 1. The van der Waals surface area contributed by atoms with E-state index in [1.54, 1.807) is 12.1 Å². The first-order valence-corrected chi connectivity index (χ1v) is 9.39. The van der Waals surface area contributed by atoms with Crippen LogP contribution in [-0.4, -0.2) is 20.9 Å². The molecule has 25 heavy (non-hydrogen) atoms. The second-order valence-electron chi connectivity index (χ2n) is 5.32. The Labute approximate surface area is 156 Å². The Bertz CT molecular complexity index is 881. The Kier molecular flexibility index (Phi) is 6.29. The molecule has 0 aliphatic carbocycles. The smallest absolute Gasteiger partial charge is 0.272 e. The average molecular weight is 403 g/mol. The lowest BCUT2D eigenvalue weighted by molar-refractivity contribution is -0.123. The Morgan fingerprint density at radius 1 is 1.12 bits per heavy atom. The van der Waals surface area contributed by atoms with E-state index >= 15 is 0 Å². The summed E-state index contributed by atoms with van der Waals surface area (Å²) in [5.41, 5.74) is 4.05. The summed E-state index contributed by atoms with van der Waals surface area (Å²) in [7, 11) is -4.06. The third-order valence-electron chi connectivity index (χ3n) is 3.10. The maximum absolute atomic E-state index is 12.2. The summed E-state index contributed by atoms with van der Waals surface area (Å²) in [6.45, 7) is 3.46. The lowest BCUT2D eigenvalue weighted by atomic mass is 10.1. The summed E-state index contributed by atoms with van der Waals surface area (Å²) in [4.78, 5) is 13.5. The van der Waals surface area contributed by atoms with Crippen molar-refractivity contribution in [2.45, 2.75) is 18.7 Å². The van der Waals surface area contributed by atoms with E-state index in [1.807, 2.05) is 24.7 Å². The standard InChI is InChI=1S/C16H16Cl2N2O4S/c1-10-6-11(2)8-12(7-10)24-9-15(21)19-20-25(22,23)14-5-3-4-13(17)16(14)18/h3-8,20H,9H2,1-2H3,(H,19,21). The van der Waals surface area contributed by atoms with Gasteiger partial charge in [0.15, 0.2) is 6.61 Å². The quantitative estimate of drug-likeness (QED) is 0.727. The molecule has 0 saturated heterocycles. The van der Waals surface area contributed by atoms with E-state index in [0.717, 1.165) is 11.1 Å². The highest BCUT2D eigenvalue weighted by Crippen LogP contribution is 2.28. The third kappa shape index (κ3) is 5.34. The molecular weight excluding hydrogens is 387 g/mol. The van der Waals surface area contributed by atoms with Gasteiger partial charge < -0.3 is 4.74 Å². The molecule has 0 unspecified atom stereocenters. The van der Waals surface area contributed by atoms with Crippen LogP contribution in [0.5, 0.6) is 5.75 Å². The van der Waals surface area contributed by atoms with Crippen molar-refractivity contribution >= 4 is 39.1 Å².